The standard InChI is InChI=1S/C16H24N2O3.H2S/c1-16(2,3)21-15(19)18-6-5-12(11-18)7-13-8-14(20-4)10-17-9-13;/h8-10,12H,5-7,11H2,1-4H3;1H2/t12-;/m1./s1. The van der Waals surface area contributed by atoms with E-state index in [0.717, 1.165) is 37.2 Å². The van der Waals surface area contributed by atoms with Gasteiger partial charge in [0.2, 0.25) is 0 Å². The monoisotopic (exact) mass is 326 g/mol. The van der Waals surface area contributed by atoms with Gasteiger partial charge in [-0.1, -0.05) is 0 Å². The summed E-state index contributed by atoms with van der Waals surface area (Å²) in [5.74, 6) is 1.22. The van der Waals surface area contributed by atoms with Gasteiger partial charge in [-0.2, -0.15) is 13.5 Å². The number of aromatic nitrogens is 1. The van der Waals surface area contributed by atoms with E-state index in [4.69, 9.17) is 9.47 Å². The number of rotatable bonds is 3. The molecule has 2 heterocycles. The maximum atomic E-state index is 12.0. The van der Waals surface area contributed by atoms with E-state index in [0.29, 0.717) is 5.92 Å². The van der Waals surface area contributed by atoms with Crippen LogP contribution >= 0.6 is 13.5 Å². The molecule has 0 N–H and O–H groups in total. The number of ether oxygens (including phenoxy) is 2. The van der Waals surface area contributed by atoms with Crippen LogP contribution in [-0.2, 0) is 11.2 Å². The first kappa shape index (κ1) is 18.6. The summed E-state index contributed by atoms with van der Waals surface area (Å²) in [5, 5.41) is 0. The lowest BCUT2D eigenvalue weighted by atomic mass is 10.00. The van der Waals surface area contributed by atoms with Gasteiger partial charge in [-0.25, -0.2) is 4.79 Å². The van der Waals surface area contributed by atoms with Crippen molar-refractivity contribution >= 4 is 19.6 Å². The number of pyridine rings is 1. The van der Waals surface area contributed by atoms with Crippen LogP contribution in [0.25, 0.3) is 0 Å². The number of amides is 1. The minimum atomic E-state index is -0.439. The van der Waals surface area contributed by atoms with Gasteiger partial charge in [-0.3, -0.25) is 4.98 Å². The Bertz CT molecular complexity index is 502. The van der Waals surface area contributed by atoms with Crippen LogP contribution in [-0.4, -0.2) is 41.8 Å². The molecule has 1 aromatic rings. The smallest absolute Gasteiger partial charge is 0.410 e. The molecule has 0 aliphatic carbocycles. The highest BCUT2D eigenvalue weighted by atomic mass is 32.1. The fourth-order valence-corrected chi connectivity index (χ4v) is 2.51. The maximum absolute atomic E-state index is 12.0. The molecular weight excluding hydrogens is 300 g/mol. The van der Waals surface area contributed by atoms with E-state index in [1.165, 1.54) is 0 Å². The summed E-state index contributed by atoms with van der Waals surface area (Å²) in [6, 6.07) is 2.00. The lowest BCUT2D eigenvalue weighted by molar-refractivity contribution is 0.0288. The molecule has 1 fully saturated rings. The quantitative estimate of drug-likeness (QED) is 0.857. The molecule has 1 aliphatic rings. The molecule has 0 radical (unpaired) electrons. The van der Waals surface area contributed by atoms with Gasteiger partial charge in [-0.05, 0) is 51.2 Å². The highest BCUT2D eigenvalue weighted by Gasteiger charge is 2.29. The number of methoxy groups -OCH3 is 1. The van der Waals surface area contributed by atoms with Crippen molar-refractivity contribution in [2.75, 3.05) is 20.2 Å². The first-order chi connectivity index (χ1) is 9.87. The van der Waals surface area contributed by atoms with Gasteiger partial charge in [0.15, 0.2) is 0 Å². The van der Waals surface area contributed by atoms with Gasteiger partial charge in [0.05, 0.1) is 13.3 Å². The number of carbonyl (C=O) groups excluding carboxylic acids is 1. The second kappa shape index (κ2) is 7.72. The molecule has 0 aromatic carbocycles. The van der Waals surface area contributed by atoms with Crippen LogP contribution in [0, 0.1) is 5.92 Å². The van der Waals surface area contributed by atoms with Gasteiger partial charge < -0.3 is 14.4 Å². The van der Waals surface area contributed by atoms with E-state index >= 15 is 0 Å². The number of hydrogen-bond acceptors (Lipinski definition) is 4. The van der Waals surface area contributed by atoms with Crippen LogP contribution < -0.4 is 4.74 Å². The molecule has 1 aliphatic heterocycles. The molecule has 0 saturated carbocycles. The fourth-order valence-electron chi connectivity index (χ4n) is 2.51. The maximum Gasteiger partial charge on any atom is 0.410 e. The molecule has 5 nitrogen and oxygen atoms in total. The van der Waals surface area contributed by atoms with E-state index in [1.54, 1.807) is 18.2 Å². The van der Waals surface area contributed by atoms with E-state index in [2.05, 4.69) is 4.98 Å². The van der Waals surface area contributed by atoms with Gasteiger partial charge in [-0.15, -0.1) is 0 Å². The molecule has 0 unspecified atom stereocenters. The second-order valence-corrected chi connectivity index (χ2v) is 6.52. The summed E-state index contributed by atoms with van der Waals surface area (Å²) >= 11 is 0. The normalized spacial score (nSPS) is 17.8. The van der Waals surface area contributed by atoms with Crippen molar-refractivity contribution in [2.45, 2.75) is 39.2 Å². The van der Waals surface area contributed by atoms with Crippen LogP contribution in [0.1, 0.15) is 32.8 Å². The molecule has 0 bridgehead atoms. The molecule has 22 heavy (non-hydrogen) atoms. The van der Waals surface area contributed by atoms with Crippen molar-refractivity contribution in [3.05, 3.63) is 24.0 Å². The predicted molar refractivity (Wildman–Crippen MR) is 90.8 cm³/mol. The summed E-state index contributed by atoms with van der Waals surface area (Å²) in [5.41, 5.74) is 0.705. The Kier molecular flexibility index (Phi) is 6.53. The van der Waals surface area contributed by atoms with Crippen molar-refractivity contribution in [3.8, 4) is 5.75 Å². The van der Waals surface area contributed by atoms with Crippen LogP contribution in [0.15, 0.2) is 18.5 Å². The molecule has 6 heteroatoms. The zero-order valence-electron chi connectivity index (χ0n) is 13.8. The first-order valence-electron chi connectivity index (χ1n) is 7.33. The van der Waals surface area contributed by atoms with E-state index in [9.17, 15) is 4.79 Å². The highest BCUT2D eigenvalue weighted by molar-refractivity contribution is 7.59. The van der Waals surface area contributed by atoms with Crippen molar-refractivity contribution in [2.24, 2.45) is 5.92 Å². The minimum Gasteiger partial charge on any atom is -0.495 e. The first-order valence-corrected chi connectivity index (χ1v) is 7.33. The van der Waals surface area contributed by atoms with Crippen molar-refractivity contribution in [3.63, 3.8) is 0 Å². The average Bonchev–Trinajstić information content (AvgIpc) is 2.85. The third-order valence-electron chi connectivity index (χ3n) is 3.47. The average molecular weight is 326 g/mol. The Morgan fingerprint density at radius 3 is 2.77 bits per heavy atom. The second-order valence-electron chi connectivity index (χ2n) is 6.52. The van der Waals surface area contributed by atoms with Crippen molar-refractivity contribution in [1.82, 2.24) is 9.88 Å². The van der Waals surface area contributed by atoms with E-state index in [1.807, 2.05) is 33.0 Å². The number of nitrogens with zero attached hydrogens (tertiary/aromatic N) is 2. The zero-order chi connectivity index (χ0) is 15.5. The lowest BCUT2D eigenvalue weighted by Crippen LogP contribution is -2.35. The molecule has 2 rings (SSSR count). The Labute approximate surface area is 139 Å². The molecule has 1 saturated heterocycles. The van der Waals surface area contributed by atoms with Crippen LogP contribution in [0.5, 0.6) is 5.75 Å². The number of hydrogen-bond donors (Lipinski definition) is 0. The SMILES string of the molecule is COc1cncc(C[C@H]2CCN(C(=O)OC(C)(C)C)C2)c1.S. The van der Waals surface area contributed by atoms with E-state index in [-0.39, 0.29) is 19.6 Å². The predicted octanol–water partition coefficient (Wildman–Crippen LogP) is 3.00. The molecule has 1 atom stereocenters. The highest BCUT2D eigenvalue weighted by Crippen LogP contribution is 2.23. The fraction of sp³-hybridized carbons (Fsp3) is 0.625. The summed E-state index contributed by atoms with van der Waals surface area (Å²) < 4.78 is 10.6. The molecule has 124 valence electrons. The third-order valence-corrected chi connectivity index (χ3v) is 3.47. The zero-order valence-corrected chi connectivity index (χ0v) is 14.8. The van der Waals surface area contributed by atoms with Crippen LogP contribution in [0.2, 0.25) is 0 Å². The van der Waals surface area contributed by atoms with Gasteiger partial charge in [0, 0.05) is 19.3 Å². The molecule has 1 aromatic heterocycles. The Hall–Kier alpha value is -1.43. The Morgan fingerprint density at radius 2 is 2.14 bits per heavy atom. The van der Waals surface area contributed by atoms with E-state index < -0.39 is 5.60 Å². The largest absolute Gasteiger partial charge is 0.495 e. The lowest BCUT2D eigenvalue weighted by Gasteiger charge is -2.24. The van der Waals surface area contributed by atoms with Crippen molar-refractivity contribution in [1.29, 1.82) is 0 Å². The number of carbonyl (C=O) groups is 1. The molecular formula is C16H26N2O3S. The molecule has 1 amide bonds. The molecule has 0 spiro atoms. The Morgan fingerprint density at radius 1 is 1.41 bits per heavy atom. The summed E-state index contributed by atoms with van der Waals surface area (Å²) in [7, 11) is 1.64. The van der Waals surface area contributed by atoms with Crippen molar-refractivity contribution < 1.29 is 14.3 Å². The summed E-state index contributed by atoms with van der Waals surface area (Å²) in [6.45, 7) is 7.17. The van der Waals surface area contributed by atoms with Gasteiger partial charge in [0.1, 0.15) is 11.4 Å². The number of likely N-dealkylation sites (tertiary alicyclic amines) is 1. The van der Waals surface area contributed by atoms with Crippen LogP contribution in [0.4, 0.5) is 4.79 Å². The Balaban J connectivity index is 0.00000242. The topological polar surface area (TPSA) is 51.7 Å². The van der Waals surface area contributed by atoms with Gasteiger partial charge in [0.25, 0.3) is 0 Å². The summed E-state index contributed by atoms with van der Waals surface area (Å²) in [6.07, 6.45) is 5.25. The van der Waals surface area contributed by atoms with Gasteiger partial charge >= 0.3 is 6.09 Å². The third kappa shape index (κ3) is 5.40. The van der Waals surface area contributed by atoms with Crippen LogP contribution in [0.3, 0.4) is 0 Å². The minimum absolute atomic E-state index is 0. The summed E-state index contributed by atoms with van der Waals surface area (Å²) in [4.78, 5) is 18.0.